The summed E-state index contributed by atoms with van der Waals surface area (Å²) in [5.74, 6) is -1.42. The van der Waals surface area contributed by atoms with Crippen LogP contribution >= 0.6 is 23.2 Å². The van der Waals surface area contributed by atoms with Crippen LogP contribution in [0.3, 0.4) is 0 Å². The maximum absolute atomic E-state index is 12.9. The molecule has 0 radical (unpaired) electrons. The number of rotatable bonds is 7. The van der Waals surface area contributed by atoms with Crippen molar-refractivity contribution in [3.63, 3.8) is 0 Å². The fourth-order valence-corrected chi connectivity index (χ4v) is 3.11. The number of carbonyl (C=O) groups is 2. The Kier molecular flexibility index (Phi) is 6.86. The molecule has 0 aliphatic rings. The van der Waals surface area contributed by atoms with Gasteiger partial charge in [0.25, 0.3) is 0 Å². The molecule has 0 aliphatic heterocycles. The first kappa shape index (κ1) is 20.8. The van der Waals surface area contributed by atoms with Gasteiger partial charge in [0.15, 0.2) is 12.4 Å². The lowest BCUT2D eigenvalue weighted by Crippen LogP contribution is -2.16. The van der Waals surface area contributed by atoms with Gasteiger partial charge in [0.1, 0.15) is 5.82 Å². The van der Waals surface area contributed by atoms with Crippen LogP contribution in [0.15, 0.2) is 66.7 Å². The average molecular weight is 432 g/mol. The van der Waals surface area contributed by atoms with Gasteiger partial charge in [0.2, 0.25) is 0 Å². The number of para-hydroxylation sites is 2. The van der Waals surface area contributed by atoms with E-state index in [-0.39, 0.29) is 12.0 Å². The van der Waals surface area contributed by atoms with Crippen LogP contribution in [0.5, 0.6) is 0 Å². The summed E-state index contributed by atoms with van der Waals surface area (Å²) in [6.45, 7) is -0.420. The summed E-state index contributed by atoms with van der Waals surface area (Å²) < 4.78 is 18.0. The number of esters is 1. The van der Waals surface area contributed by atoms with Crippen molar-refractivity contribution >= 4 is 46.3 Å². The minimum Gasteiger partial charge on any atom is -0.457 e. The van der Waals surface area contributed by atoms with Crippen LogP contribution in [0.1, 0.15) is 15.9 Å². The fraction of sp³-hybridized carbons (Fsp3) is 0.0909. The van der Waals surface area contributed by atoms with Gasteiger partial charge in [-0.1, -0.05) is 47.5 Å². The largest absolute Gasteiger partial charge is 0.457 e. The second-order valence-electron chi connectivity index (χ2n) is 6.15. The second kappa shape index (κ2) is 9.54. The molecule has 0 aromatic heterocycles. The Morgan fingerprint density at radius 3 is 2.24 bits per heavy atom. The molecule has 3 rings (SSSR count). The molecule has 0 saturated carbocycles. The molecule has 0 spiro atoms. The lowest BCUT2D eigenvalue weighted by atomic mass is 10.1. The molecule has 29 heavy (non-hydrogen) atoms. The van der Waals surface area contributed by atoms with E-state index in [1.165, 1.54) is 24.3 Å². The van der Waals surface area contributed by atoms with Crippen molar-refractivity contribution < 1.29 is 18.7 Å². The number of Topliss-reactive ketones (excluding diaryl/α,β-unsaturated/α-hetero) is 1. The number of carbonyl (C=O) groups excluding carboxylic acids is 2. The topological polar surface area (TPSA) is 55.4 Å². The Bertz CT molecular complexity index is 1020. The molecule has 0 heterocycles. The van der Waals surface area contributed by atoms with Gasteiger partial charge in [-0.3, -0.25) is 9.59 Å². The van der Waals surface area contributed by atoms with Crippen molar-refractivity contribution in [2.45, 2.75) is 6.42 Å². The highest BCUT2D eigenvalue weighted by atomic mass is 35.5. The average Bonchev–Trinajstić information content (AvgIpc) is 2.71. The zero-order valence-electron chi connectivity index (χ0n) is 15.1. The Balaban J connectivity index is 1.65. The third-order valence-corrected chi connectivity index (χ3v) is 4.73. The van der Waals surface area contributed by atoms with E-state index in [9.17, 15) is 14.0 Å². The molecule has 0 aliphatic carbocycles. The van der Waals surface area contributed by atoms with Crippen LogP contribution < -0.4 is 5.32 Å². The Morgan fingerprint density at radius 1 is 0.897 bits per heavy atom. The molecule has 0 atom stereocenters. The first-order valence-electron chi connectivity index (χ1n) is 8.67. The lowest BCUT2D eigenvalue weighted by Gasteiger charge is -2.14. The first-order valence-corrected chi connectivity index (χ1v) is 9.43. The minimum absolute atomic E-state index is 0.0536. The Labute approximate surface area is 177 Å². The molecule has 0 unspecified atom stereocenters. The predicted octanol–water partition coefficient (Wildman–Crippen LogP) is 5.84. The summed E-state index contributed by atoms with van der Waals surface area (Å²) in [5.41, 5.74) is 2.10. The normalized spacial score (nSPS) is 10.4. The van der Waals surface area contributed by atoms with E-state index in [0.29, 0.717) is 27.0 Å². The zero-order chi connectivity index (χ0) is 20.8. The number of ketones is 1. The molecule has 3 aromatic rings. The highest BCUT2D eigenvalue weighted by molar-refractivity contribution is 6.39. The molecule has 0 fully saturated rings. The van der Waals surface area contributed by atoms with Crippen molar-refractivity contribution in [2.24, 2.45) is 0 Å². The molecule has 148 valence electrons. The standard InChI is InChI=1S/C22H16Cl2FNO3/c23-17-5-3-6-18(24)22(17)26-19-7-2-1-4-15(19)12-21(28)29-13-20(27)14-8-10-16(25)11-9-14/h1-11,26H,12-13H2. The number of hydrogen-bond acceptors (Lipinski definition) is 4. The SMILES string of the molecule is O=C(Cc1ccccc1Nc1c(Cl)cccc1Cl)OCC(=O)c1ccc(F)cc1. The molecule has 1 N–H and O–H groups in total. The number of hydrogen-bond donors (Lipinski definition) is 1. The molecule has 7 heteroatoms. The van der Waals surface area contributed by atoms with Crippen LogP contribution in [0.4, 0.5) is 15.8 Å². The first-order chi connectivity index (χ1) is 13.9. The van der Waals surface area contributed by atoms with Gasteiger partial charge in [-0.05, 0) is 48.0 Å². The van der Waals surface area contributed by atoms with E-state index in [1.807, 2.05) is 0 Å². The van der Waals surface area contributed by atoms with Crippen LogP contribution in [0, 0.1) is 5.82 Å². The predicted molar refractivity (Wildman–Crippen MR) is 112 cm³/mol. The summed E-state index contributed by atoms with van der Waals surface area (Å²) >= 11 is 12.4. The van der Waals surface area contributed by atoms with E-state index in [2.05, 4.69) is 5.32 Å². The summed E-state index contributed by atoms with van der Waals surface area (Å²) in [5, 5.41) is 4.02. The van der Waals surface area contributed by atoms with E-state index in [4.69, 9.17) is 27.9 Å². The van der Waals surface area contributed by atoms with Crippen molar-refractivity contribution in [1.82, 2.24) is 0 Å². The van der Waals surface area contributed by atoms with Gasteiger partial charge in [0, 0.05) is 11.3 Å². The Hall–Kier alpha value is -2.89. The maximum atomic E-state index is 12.9. The molecule has 0 saturated heterocycles. The fourth-order valence-electron chi connectivity index (χ4n) is 2.62. The van der Waals surface area contributed by atoms with Gasteiger partial charge in [-0.2, -0.15) is 0 Å². The summed E-state index contributed by atoms with van der Waals surface area (Å²) in [4.78, 5) is 24.3. The van der Waals surface area contributed by atoms with Gasteiger partial charge >= 0.3 is 5.97 Å². The number of benzene rings is 3. The molecule has 3 aromatic carbocycles. The molecule has 4 nitrogen and oxygen atoms in total. The monoisotopic (exact) mass is 431 g/mol. The number of halogens is 3. The van der Waals surface area contributed by atoms with Crippen molar-refractivity contribution in [3.8, 4) is 0 Å². The minimum atomic E-state index is -0.569. The van der Waals surface area contributed by atoms with Crippen molar-refractivity contribution in [1.29, 1.82) is 0 Å². The van der Waals surface area contributed by atoms with Gasteiger partial charge in [0.05, 0.1) is 22.2 Å². The Morgan fingerprint density at radius 2 is 1.55 bits per heavy atom. The van der Waals surface area contributed by atoms with Crippen molar-refractivity contribution in [3.05, 3.63) is 93.7 Å². The quantitative estimate of drug-likeness (QED) is 0.376. The van der Waals surface area contributed by atoms with Crippen LogP contribution in [0.2, 0.25) is 10.0 Å². The third-order valence-electron chi connectivity index (χ3n) is 4.11. The summed E-state index contributed by atoms with van der Waals surface area (Å²) in [6.07, 6.45) is -0.0536. The van der Waals surface area contributed by atoms with Crippen LogP contribution in [0.25, 0.3) is 0 Å². The van der Waals surface area contributed by atoms with E-state index >= 15 is 0 Å². The van der Waals surface area contributed by atoms with E-state index in [1.54, 1.807) is 42.5 Å². The number of anilines is 2. The van der Waals surface area contributed by atoms with Gasteiger partial charge in [-0.25, -0.2) is 4.39 Å². The van der Waals surface area contributed by atoms with Gasteiger partial charge < -0.3 is 10.1 Å². The molecule has 0 bridgehead atoms. The zero-order valence-corrected chi connectivity index (χ0v) is 16.6. The second-order valence-corrected chi connectivity index (χ2v) is 6.96. The third kappa shape index (κ3) is 5.56. The highest BCUT2D eigenvalue weighted by Gasteiger charge is 2.14. The smallest absolute Gasteiger partial charge is 0.310 e. The van der Waals surface area contributed by atoms with E-state index in [0.717, 1.165) is 0 Å². The molecule has 0 amide bonds. The van der Waals surface area contributed by atoms with Crippen LogP contribution in [-0.2, 0) is 16.0 Å². The number of nitrogens with one attached hydrogen (secondary N) is 1. The summed E-state index contributed by atoms with van der Waals surface area (Å²) in [7, 11) is 0. The summed E-state index contributed by atoms with van der Waals surface area (Å²) in [6, 6.07) is 17.3. The maximum Gasteiger partial charge on any atom is 0.310 e. The van der Waals surface area contributed by atoms with E-state index < -0.39 is 24.2 Å². The lowest BCUT2D eigenvalue weighted by molar-refractivity contribution is -0.141. The van der Waals surface area contributed by atoms with Crippen LogP contribution in [-0.4, -0.2) is 18.4 Å². The van der Waals surface area contributed by atoms with Gasteiger partial charge in [-0.15, -0.1) is 0 Å². The highest BCUT2D eigenvalue weighted by Crippen LogP contribution is 2.33. The molecular weight excluding hydrogens is 416 g/mol. The molecular formula is C22H16Cl2FNO3. The number of ether oxygens (including phenoxy) is 1. The van der Waals surface area contributed by atoms with Crippen molar-refractivity contribution in [2.75, 3.05) is 11.9 Å².